The van der Waals surface area contributed by atoms with E-state index in [2.05, 4.69) is 21.8 Å². The van der Waals surface area contributed by atoms with Gasteiger partial charge in [-0.3, -0.25) is 0 Å². The van der Waals surface area contributed by atoms with Crippen LogP contribution >= 0.6 is 0 Å². The molecule has 0 spiro atoms. The minimum Gasteiger partial charge on any atom is -0.231 e. The Kier molecular flexibility index (Phi) is 3.82. The summed E-state index contributed by atoms with van der Waals surface area (Å²) in [5, 5.41) is 4.54. The van der Waals surface area contributed by atoms with Gasteiger partial charge in [-0.25, -0.2) is 4.57 Å². The number of aryl methyl sites for hydroxylation is 1. The summed E-state index contributed by atoms with van der Waals surface area (Å²) in [5.74, 6) is 0.973. The van der Waals surface area contributed by atoms with Gasteiger partial charge in [0, 0.05) is 17.9 Å². The van der Waals surface area contributed by atoms with Crippen molar-refractivity contribution >= 4 is 0 Å². The number of rotatable bonds is 3. The molecule has 25 heavy (non-hydrogen) atoms. The van der Waals surface area contributed by atoms with Gasteiger partial charge >= 0.3 is 6.18 Å². The average molecular weight is 344 g/mol. The summed E-state index contributed by atoms with van der Waals surface area (Å²) < 4.78 is 41.9. The lowest BCUT2D eigenvalue weighted by Gasteiger charge is -2.08. The molecule has 0 bridgehead atoms. The van der Waals surface area contributed by atoms with Crippen molar-refractivity contribution in [2.75, 3.05) is 0 Å². The largest absolute Gasteiger partial charge is 0.416 e. The number of aromatic nitrogens is 3. The lowest BCUT2D eigenvalue weighted by atomic mass is 10.0. The molecule has 0 radical (unpaired) electrons. The number of fused-ring (bicyclic) bond motifs is 1. The number of benzene rings is 2. The van der Waals surface area contributed by atoms with Gasteiger partial charge in [0.15, 0.2) is 0 Å². The van der Waals surface area contributed by atoms with Crippen LogP contribution in [0.4, 0.5) is 13.2 Å². The molecule has 4 rings (SSSR count). The lowest BCUT2D eigenvalue weighted by Crippen LogP contribution is -2.37. The second-order valence-corrected chi connectivity index (χ2v) is 6.31. The summed E-state index contributed by atoms with van der Waals surface area (Å²) in [6, 6.07) is 15.7. The highest BCUT2D eigenvalue weighted by atomic mass is 19.4. The molecule has 2 heterocycles. The van der Waals surface area contributed by atoms with Crippen LogP contribution in [-0.2, 0) is 19.0 Å². The topological polar surface area (TPSA) is 21.7 Å². The maximum Gasteiger partial charge on any atom is 0.416 e. The fourth-order valence-electron chi connectivity index (χ4n) is 3.32. The quantitative estimate of drug-likeness (QED) is 0.660. The van der Waals surface area contributed by atoms with Crippen LogP contribution < -0.4 is 4.57 Å². The van der Waals surface area contributed by atoms with Gasteiger partial charge in [-0.15, -0.1) is 0 Å². The Morgan fingerprint density at radius 2 is 1.76 bits per heavy atom. The van der Waals surface area contributed by atoms with Crippen LogP contribution in [0.15, 0.2) is 60.9 Å². The van der Waals surface area contributed by atoms with Crippen molar-refractivity contribution in [2.45, 2.75) is 31.5 Å². The second-order valence-electron chi connectivity index (χ2n) is 6.31. The number of hydrogen-bond acceptors (Lipinski definition) is 1. The SMILES string of the molecule is FC(F)(F)c1ccc(-n2c[n+]3c(n2)CC[C@H]3Cc2ccccc2)cc1. The molecule has 0 aliphatic carbocycles. The summed E-state index contributed by atoms with van der Waals surface area (Å²) in [4.78, 5) is 0. The van der Waals surface area contributed by atoms with Crippen molar-refractivity contribution in [3.8, 4) is 5.69 Å². The zero-order chi connectivity index (χ0) is 17.4. The van der Waals surface area contributed by atoms with Crippen LogP contribution in [0.3, 0.4) is 0 Å². The van der Waals surface area contributed by atoms with E-state index in [9.17, 15) is 13.2 Å². The highest BCUT2D eigenvalue weighted by Crippen LogP contribution is 2.29. The summed E-state index contributed by atoms with van der Waals surface area (Å²) in [6.07, 6.45) is 0.409. The van der Waals surface area contributed by atoms with Gasteiger partial charge in [0.2, 0.25) is 6.33 Å². The molecule has 0 amide bonds. The average Bonchev–Trinajstić information content (AvgIpc) is 3.17. The van der Waals surface area contributed by atoms with Crippen LogP contribution in [0.25, 0.3) is 5.69 Å². The first-order chi connectivity index (χ1) is 12.0. The van der Waals surface area contributed by atoms with Crippen LogP contribution in [0.1, 0.15) is 29.4 Å². The molecule has 0 saturated heterocycles. The van der Waals surface area contributed by atoms with Crippen LogP contribution in [0.5, 0.6) is 0 Å². The molecule has 3 nitrogen and oxygen atoms in total. The molecule has 3 aromatic rings. The highest BCUT2D eigenvalue weighted by molar-refractivity contribution is 5.34. The van der Waals surface area contributed by atoms with Gasteiger partial charge < -0.3 is 0 Å². The van der Waals surface area contributed by atoms with Gasteiger partial charge in [-0.05, 0) is 36.2 Å². The predicted molar refractivity (Wildman–Crippen MR) is 86.3 cm³/mol. The normalized spacial score (nSPS) is 16.8. The van der Waals surface area contributed by atoms with E-state index >= 15 is 0 Å². The minimum absolute atomic E-state index is 0.334. The van der Waals surface area contributed by atoms with Crippen LogP contribution in [0.2, 0.25) is 0 Å². The Labute approximate surface area is 143 Å². The van der Waals surface area contributed by atoms with Crippen LogP contribution in [-0.4, -0.2) is 9.78 Å². The molecule has 1 atom stereocenters. The number of hydrogen-bond donors (Lipinski definition) is 0. The lowest BCUT2D eigenvalue weighted by molar-refractivity contribution is -0.716. The summed E-state index contributed by atoms with van der Waals surface area (Å²) >= 11 is 0. The summed E-state index contributed by atoms with van der Waals surface area (Å²) in [5.41, 5.74) is 1.26. The second kappa shape index (κ2) is 6.02. The van der Waals surface area contributed by atoms with Gasteiger partial charge in [0.1, 0.15) is 5.69 Å². The third kappa shape index (κ3) is 3.16. The van der Waals surface area contributed by atoms with E-state index in [1.165, 1.54) is 17.7 Å². The first-order valence-electron chi connectivity index (χ1n) is 8.22. The van der Waals surface area contributed by atoms with Crippen molar-refractivity contribution in [3.63, 3.8) is 0 Å². The first-order valence-corrected chi connectivity index (χ1v) is 8.22. The van der Waals surface area contributed by atoms with E-state index in [0.29, 0.717) is 11.7 Å². The Morgan fingerprint density at radius 1 is 1.04 bits per heavy atom. The van der Waals surface area contributed by atoms with E-state index < -0.39 is 11.7 Å². The molecular formula is C19H17F3N3+. The molecule has 0 N–H and O–H groups in total. The molecule has 0 fully saturated rings. The Morgan fingerprint density at radius 3 is 2.44 bits per heavy atom. The molecule has 128 valence electrons. The van der Waals surface area contributed by atoms with Gasteiger partial charge in [-0.2, -0.15) is 13.2 Å². The molecule has 0 saturated carbocycles. The van der Waals surface area contributed by atoms with Gasteiger partial charge in [0.25, 0.3) is 5.82 Å². The van der Waals surface area contributed by atoms with Crippen molar-refractivity contribution < 1.29 is 17.7 Å². The minimum atomic E-state index is -4.32. The number of alkyl halides is 3. The fraction of sp³-hybridized carbons (Fsp3) is 0.263. The van der Waals surface area contributed by atoms with E-state index in [-0.39, 0.29) is 0 Å². The molecular weight excluding hydrogens is 327 g/mol. The van der Waals surface area contributed by atoms with Gasteiger partial charge in [0.05, 0.1) is 11.6 Å². The van der Waals surface area contributed by atoms with E-state index in [1.807, 2.05) is 24.5 Å². The van der Waals surface area contributed by atoms with Crippen molar-refractivity contribution in [2.24, 2.45) is 0 Å². The molecule has 1 aliphatic heterocycles. The number of halogens is 3. The molecule has 0 unspecified atom stereocenters. The third-order valence-electron chi connectivity index (χ3n) is 4.62. The first kappa shape index (κ1) is 15.9. The maximum absolute atomic E-state index is 12.7. The molecule has 1 aliphatic rings. The molecule has 1 aromatic heterocycles. The molecule has 6 heteroatoms. The standard InChI is InChI=1S/C19H17F3N3/c20-19(21,22)15-6-8-16(9-7-15)25-13-24-17(10-11-18(24)23-25)12-14-4-2-1-3-5-14/h1-9,13,17H,10-12H2/q+1/t17-/m0/s1. The Hall–Kier alpha value is -2.63. The van der Waals surface area contributed by atoms with E-state index in [4.69, 9.17) is 0 Å². The van der Waals surface area contributed by atoms with Crippen molar-refractivity contribution in [1.29, 1.82) is 0 Å². The summed E-state index contributed by atoms with van der Waals surface area (Å²) in [7, 11) is 0. The Balaban J connectivity index is 1.57. The monoisotopic (exact) mass is 344 g/mol. The third-order valence-corrected chi connectivity index (χ3v) is 4.62. The number of nitrogens with zero attached hydrogens (tertiary/aromatic N) is 3. The predicted octanol–water partition coefficient (Wildman–Crippen LogP) is 3.91. The van der Waals surface area contributed by atoms with Crippen LogP contribution in [0, 0.1) is 0 Å². The Bertz CT molecular complexity index is 867. The van der Waals surface area contributed by atoms with Crippen molar-refractivity contribution in [3.05, 3.63) is 77.9 Å². The van der Waals surface area contributed by atoms with Gasteiger partial charge in [-0.1, -0.05) is 35.0 Å². The maximum atomic E-state index is 12.7. The van der Waals surface area contributed by atoms with E-state index in [1.54, 1.807) is 4.68 Å². The van der Waals surface area contributed by atoms with E-state index in [0.717, 1.165) is 37.2 Å². The fourth-order valence-corrected chi connectivity index (χ4v) is 3.32. The van der Waals surface area contributed by atoms with Crippen molar-refractivity contribution in [1.82, 2.24) is 9.78 Å². The highest BCUT2D eigenvalue weighted by Gasteiger charge is 2.33. The zero-order valence-electron chi connectivity index (χ0n) is 13.4. The zero-order valence-corrected chi connectivity index (χ0v) is 13.4. The summed E-state index contributed by atoms with van der Waals surface area (Å²) in [6.45, 7) is 0. The molecule has 2 aromatic carbocycles. The smallest absolute Gasteiger partial charge is 0.231 e.